The zero-order valence-electron chi connectivity index (χ0n) is 63.4. The van der Waals surface area contributed by atoms with Gasteiger partial charge in [-0.05, 0) is 77.0 Å². The van der Waals surface area contributed by atoms with Gasteiger partial charge in [-0.15, -0.1) is 0 Å². The summed E-state index contributed by atoms with van der Waals surface area (Å²) >= 11 is 0. The van der Waals surface area contributed by atoms with Crippen LogP contribution in [0.4, 0.5) is 0 Å². The first-order valence-corrected chi connectivity index (χ1v) is 42.8. The smallest absolute Gasteiger partial charge is 0.306 e. The van der Waals surface area contributed by atoms with Crippen LogP contribution in [0.15, 0.2) is 48.6 Å². The third-order valence-corrected chi connectivity index (χ3v) is 19.8. The number of quaternary nitrogens is 1. The Morgan fingerprint density at radius 2 is 0.574 bits per heavy atom. The Labute approximate surface area is 585 Å². The maximum Gasteiger partial charge on any atom is 0.306 e. The quantitative estimate of drug-likeness (QED) is 0.0195. The molecule has 10 heteroatoms. The number of hydrogen-bond donors (Lipinski definition) is 0. The molecule has 94 heavy (non-hydrogen) atoms. The lowest BCUT2D eigenvalue weighted by atomic mass is 10.0. The molecule has 9 nitrogen and oxygen atoms in total. The molecule has 0 heterocycles. The Balaban J connectivity index is 3.87. The summed E-state index contributed by atoms with van der Waals surface area (Å²) in [6.07, 6.45) is 99.7. The molecule has 0 bridgehead atoms. The van der Waals surface area contributed by atoms with E-state index in [4.69, 9.17) is 18.5 Å². The number of likely N-dealkylation sites (N-methyl/N-ethyl adjacent to an activating group) is 1. The van der Waals surface area contributed by atoms with Crippen molar-refractivity contribution in [1.29, 1.82) is 0 Å². The van der Waals surface area contributed by atoms with Gasteiger partial charge in [0, 0.05) is 12.8 Å². The van der Waals surface area contributed by atoms with Crippen molar-refractivity contribution in [2.75, 3.05) is 47.5 Å². The lowest BCUT2D eigenvalue weighted by molar-refractivity contribution is -0.870. The topological polar surface area (TPSA) is 111 Å². The van der Waals surface area contributed by atoms with Crippen LogP contribution in [-0.2, 0) is 32.7 Å². The second-order valence-electron chi connectivity index (χ2n) is 29.5. The number of rotatable bonds is 78. The highest BCUT2D eigenvalue weighted by molar-refractivity contribution is 7.45. The van der Waals surface area contributed by atoms with Gasteiger partial charge in [0.2, 0.25) is 0 Å². The van der Waals surface area contributed by atoms with Gasteiger partial charge in [0.25, 0.3) is 7.82 Å². The fourth-order valence-corrected chi connectivity index (χ4v) is 13.2. The number of ether oxygens (including phenoxy) is 2. The van der Waals surface area contributed by atoms with Crippen molar-refractivity contribution in [3.8, 4) is 0 Å². The third-order valence-electron chi connectivity index (χ3n) is 18.8. The number of nitrogens with zero attached hydrogens (tertiary/aromatic N) is 1. The molecule has 0 aromatic carbocycles. The molecule has 2 unspecified atom stereocenters. The number of carbonyl (C=O) groups is 2. The van der Waals surface area contributed by atoms with Gasteiger partial charge in [0.1, 0.15) is 19.8 Å². The monoisotopic (exact) mass is 1340 g/mol. The fraction of sp³-hybridized carbons (Fsp3) is 0.881. The average Bonchev–Trinajstić information content (AvgIpc) is 1.57. The molecule has 0 radical (unpaired) electrons. The van der Waals surface area contributed by atoms with E-state index in [1.54, 1.807) is 0 Å². The molecule has 0 spiro atoms. The minimum absolute atomic E-state index is 0.0278. The van der Waals surface area contributed by atoms with E-state index in [1.807, 2.05) is 21.1 Å². The van der Waals surface area contributed by atoms with E-state index in [9.17, 15) is 19.0 Å². The highest BCUT2D eigenvalue weighted by atomic mass is 31.2. The molecule has 0 rings (SSSR count). The van der Waals surface area contributed by atoms with Gasteiger partial charge in [-0.2, -0.15) is 0 Å². The molecule has 2 atom stereocenters. The molecule has 0 aromatic heterocycles. The molecule has 0 aliphatic rings. The molecule has 0 aromatic rings. The molecule has 0 amide bonds. The van der Waals surface area contributed by atoms with E-state index in [1.165, 1.54) is 347 Å². The number of allylic oxidation sites excluding steroid dienone is 8. The predicted octanol–water partition coefficient (Wildman–Crippen LogP) is 26.9. The molecule has 0 aliphatic carbocycles. The van der Waals surface area contributed by atoms with Crippen LogP contribution in [-0.4, -0.2) is 70.0 Å². The molecule has 0 aliphatic heterocycles. The summed E-state index contributed by atoms with van der Waals surface area (Å²) in [5, 5.41) is 0. The molecule has 554 valence electrons. The Morgan fingerprint density at radius 3 is 0.840 bits per heavy atom. The molecule has 0 saturated carbocycles. The number of esters is 2. The zero-order valence-corrected chi connectivity index (χ0v) is 64.3. The Morgan fingerprint density at radius 1 is 0.330 bits per heavy atom. The molecule has 0 saturated heterocycles. The van der Waals surface area contributed by atoms with Crippen molar-refractivity contribution in [3.05, 3.63) is 48.6 Å². The third kappa shape index (κ3) is 79.0. The number of phosphoric ester groups is 1. The standard InChI is InChI=1S/C84H160NO8P/c1-6-8-10-12-14-16-18-20-22-24-26-28-30-32-34-36-37-38-39-40-41-42-43-44-45-46-47-49-51-53-55-57-59-61-63-65-67-69-71-73-75-77-84(87)93-82(81-92-94(88,89)91-79-78-85(3,4)5)80-90-83(86)76-74-72-70-68-66-64-62-60-58-56-54-52-50-48-35-33-31-29-27-25-23-21-19-17-15-13-11-9-7-2/h18-21,24-27,82H,6-17,22-23,28-81H2,1-5H3/b20-18-,21-19-,26-24-,27-25-. The maximum absolute atomic E-state index is 12.9. The Bertz CT molecular complexity index is 1720. The average molecular weight is 1340 g/mol. The summed E-state index contributed by atoms with van der Waals surface area (Å²) in [5.74, 6) is -0.809. The van der Waals surface area contributed by atoms with Crippen molar-refractivity contribution in [3.63, 3.8) is 0 Å². The number of phosphoric acid groups is 1. The second-order valence-corrected chi connectivity index (χ2v) is 30.9. The lowest BCUT2D eigenvalue weighted by Gasteiger charge is -2.28. The molecular formula is C84H160NO8P. The van der Waals surface area contributed by atoms with E-state index in [0.29, 0.717) is 17.4 Å². The maximum atomic E-state index is 12.9. The summed E-state index contributed by atoms with van der Waals surface area (Å²) in [6.45, 7) is 4.30. The van der Waals surface area contributed by atoms with Crippen molar-refractivity contribution >= 4 is 19.8 Å². The minimum Gasteiger partial charge on any atom is -0.756 e. The fourth-order valence-electron chi connectivity index (χ4n) is 12.5. The van der Waals surface area contributed by atoms with Crippen LogP contribution >= 0.6 is 7.82 Å². The van der Waals surface area contributed by atoms with Gasteiger partial charge in [-0.1, -0.05) is 383 Å². The van der Waals surface area contributed by atoms with Crippen LogP contribution < -0.4 is 4.89 Å². The van der Waals surface area contributed by atoms with Crippen molar-refractivity contribution in [1.82, 2.24) is 0 Å². The Hall–Kier alpha value is -2.03. The molecule has 0 fully saturated rings. The summed E-state index contributed by atoms with van der Waals surface area (Å²) in [7, 11) is 1.19. The number of carbonyl (C=O) groups excluding carboxylic acids is 2. The van der Waals surface area contributed by atoms with E-state index in [-0.39, 0.29) is 32.0 Å². The number of hydrogen-bond acceptors (Lipinski definition) is 8. The Kier molecular flexibility index (Phi) is 73.6. The minimum atomic E-state index is -4.64. The second kappa shape index (κ2) is 75.2. The van der Waals surface area contributed by atoms with Crippen molar-refractivity contribution < 1.29 is 42.1 Å². The normalized spacial score (nSPS) is 13.2. The van der Waals surface area contributed by atoms with Gasteiger partial charge in [0.15, 0.2) is 6.10 Å². The largest absolute Gasteiger partial charge is 0.756 e. The highest BCUT2D eigenvalue weighted by Gasteiger charge is 2.22. The highest BCUT2D eigenvalue weighted by Crippen LogP contribution is 2.38. The van der Waals surface area contributed by atoms with Crippen LogP contribution in [0, 0.1) is 0 Å². The van der Waals surface area contributed by atoms with Crippen LogP contribution in [0.25, 0.3) is 0 Å². The van der Waals surface area contributed by atoms with Crippen LogP contribution in [0.1, 0.15) is 425 Å². The summed E-state index contributed by atoms with van der Waals surface area (Å²) in [6, 6.07) is 0. The molecule has 0 N–H and O–H groups in total. The van der Waals surface area contributed by atoms with Crippen LogP contribution in [0.5, 0.6) is 0 Å². The van der Waals surface area contributed by atoms with Crippen LogP contribution in [0.2, 0.25) is 0 Å². The van der Waals surface area contributed by atoms with E-state index < -0.39 is 26.5 Å². The first-order valence-electron chi connectivity index (χ1n) is 41.3. The van der Waals surface area contributed by atoms with Gasteiger partial charge in [-0.3, -0.25) is 14.2 Å². The van der Waals surface area contributed by atoms with Crippen LogP contribution in [0.3, 0.4) is 0 Å². The van der Waals surface area contributed by atoms with E-state index in [2.05, 4.69) is 62.5 Å². The van der Waals surface area contributed by atoms with Gasteiger partial charge < -0.3 is 27.9 Å². The van der Waals surface area contributed by atoms with Crippen molar-refractivity contribution in [2.45, 2.75) is 431 Å². The SMILES string of the molecule is CCCCCCC/C=C\C/C=C\CCCCCCCCCCCCCCCCCCCCCCCCCCCCCCCC(=O)OC(COC(=O)CCCCCCCCCCCCCCCCCCC/C=C\C/C=C\CCCCCCC)COP(=O)([O-])OCC[N+](C)(C)C. The van der Waals surface area contributed by atoms with E-state index in [0.717, 1.165) is 44.9 Å². The zero-order chi connectivity index (χ0) is 68.3. The summed E-state index contributed by atoms with van der Waals surface area (Å²) in [5.41, 5.74) is 0. The van der Waals surface area contributed by atoms with Gasteiger partial charge in [-0.25, -0.2) is 0 Å². The van der Waals surface area contributed by atoms with E-state index >= 15 is 0 Å². The molecular weight excluding hydrogens is 1180 g/mol. The van der Waals surface area contributed by atoms with Gasteiger partial charge in [0.05, 0.1) is 27.7 Å². The lowest BCUT2D eigenvalue weighted by Crippen LogP contribution is -2.37. The first-order chi connectivity index (χ1) is 46.0. The summed E-state index contributed by atoms with van der Waals surface area (Å²) in [4.78, 5) is 38.2. The van der Waals surface area contributed by atoms with Crippen molar-refractivity contribution in [2.24, 2.45) is 0 Å². The summed E-state index contributed by atoms with van der Waals surface area (Å²) < 4.78 is 34.4. The van der Waals surface area contributed by atoms with Gasteiger partial charge >= 0.3 is 11.9 Å². The first kappa shape index (κ1) is 92.0. The number of unbranched alkanes of at least 4 members (excludes halogenated alkanes) is 56. The predicted molar refractivity (Wildman–Crippen MR) is 407 cm³/mol.